The van der Waals surface area contributed by atoms with E-state index >= 15 is 0 Å². The molecule has 0 unspecified atom stereocenters. The minimum absolute atomic E-state index is 0.312. The van der Waals surface area contributed by atoms with Gasteiger partial charge in [0.25, 0.3) is 0 Å². The molecule has 1 rings (SSSR count). The van der Waals surface area contributed by atoms with Gasteiger partial charge in [-0.2, -0.15) is 0 Å². The van der Waals surface area contributed by atoms with Crippen molar-refractivity contribution in [2.75, 3.05) is 13.1 Å². The van der Waals surface area contributed by atoms with Crippen LogP contribution in [0.15, 0.2) is 0 Å². The normalized spacial score (nSPS) is 23.8. The van der Waals surface area contributed by atoms with Crippen LogP contribution in [0.2, 0.25) is 0 Å². The first-order valence-corrected chi connectivity index (χ1v) is 2.42. The zero-order valence-corrected chi connectivity index (χ0v) is 4.73. The third kappa shape index (κ3) is 0.604. The lowest BCUT2D eigenvalue weighted by Gasteiger charge is -2.20. The fraction of sp³-hybridized carbons (Fsp3) is 0.667. The predicted octanol–water partition coefficient (Wildman–Crippen LogP) is 0.181. The number of Topliss-reactive ketones (excluding diaryl/α,β-unsaturated/α-hetero) is 1. The molecular formula is C3H4BrNO. The first-order valence-electron chi connectivity index (χ1n) is 1.71. The second-order valence-corrected chi connectivity index (χ2v) is 2.32. The van der Waals surface area contributed by atoms with Crippen LogP contribution in [0.25, 0.3) is 0 Å². The van der Waals surface area contributed by atoms with Crippen LogP contribution < -0.4 is 0 Å². The van der Waals surface area contributed by atoms with E-state index in [1.165, 1.54) is 0 Å². The molecule has 0 aromatic heterocycles. The lowest BCUT2D eigenvalue weighted by atomic mass is 10.3. The number of rotatable bonds is 0. The van der Waals surface area contributed by atoms with Gasteiger partial charge in [0.05, 0.1) is 13.1 Å². The van der Waals surface area contributed by atoms with Crippen LogP contribution >= 0.6 is 16.1 Å². The van der Waals surface area contributed by atoms with E-state index in [1.807, 2.05) is 0 Å². The Labute approximate surface area is 44.5 Å². The fourth-order valence-corrected chi connectivity index (χ4v) is 0.896. The summed E-state index contributed by atoms with van der Waals surface area (Å²) >= 11 is 3.11. The summed E-state index contributed by atoms with van der Waals surface area (Å²) in [5.74, 6) is 0.312. The molecule has 0 radical (unpaired) electrons. The number of ketones is 1. The average Bonchev–Trinajstić information content (AvgIpc) is 1.33. The Morgan fingerprint density at radius 2 is 2.17 bits per heavy atom. The molecule has 1 aliphatic rings. The smallest absolute Gasteiger partial charge is 0.162 e. The number of nitrogens with zero attached hydrogens (tertiary/aromatic N) is 1. The van der Waals surface area contributed by atoms with Gasteiger partial charge in [-0.25, -0.2) is 3.93 Å². The molecule has 1 aliphatic heterocycles. The molecule has 2 nitrogen and oxygen atoms in total. The molecule has 1 fully saturated rings. The minimum Gasteiger partial charge on any atom is -0.297 e. The van der Waals surface area contributed by atoms with Gasteiger partial charge in [0.1, 0.15) is 0 Å². The lowest BCUT2D eigenvalue weighted by molar-refractivity contribution is -0.124. The van der Waals surface area contributed by atoms with Crippen LogP contribution in [0.3, 0.4) is 0 Å². The monoisotopic (exact) mass is 149 g/mol. The summed E-state index contributed by atoms with van der Waals surface area (Å²) in [6.07, 6.45) is 0. The summed E-state index contributed by atoms with van der Waals surface area (Å²) in [5.41, 5.74) is 0. The minimum atomic E-state index is 0.312. The van der Waals surface area contributed by atoms with E-state index in [2.05, 4.69) is 16.1 Å². The highest BCUT2D eigenvalue weighted by molar-refractivity contribution is 9.07. The summed E-state index contributed by atoms with van der Waals surface area (Å²) in [4.78, 5) is 10.0. The van der Waals surface area contributed by atoms with E-state index in [-0.39, 0.29) is 0 Å². The maximum atomic E-state index is 10.0. The molecule has 0 bridgehead atoms. The van der Waals surface area contributed by atoms with Gasteiger partial charge in [-0.05, 0) is 0 Å². The van der Waals surface area contributed by atoms with E-state index < -0.39 is 0 Å². The van der Waals surface area contributed by atoms with Gasteiger partial charge in [0.15, 0.2) is 5.78 Å². The van der Waals surface area contributed by atoms with Gasteiger partial charge in [-0.15, -0.1) is 0 Å². The summed E-state index contributed by atoms with van der Waals surface area (Å²) in [5, 5.41) is 0. The van der Waals surface area contributed by atoms with Crippen molar-refractivity contribution in [3.05, 3.63) is 0 Å². The molecule has 3 heteroatoms. The van der Waals surface area contributed by atoms with E-state index in [9.17, 15) is 4.79 Å². The molecule has 0 spiro atoms. The molecule has 0 aliphatic carbocycles. The van der Waals surface area contributed by atoms with E-state index in [4.69, 9.17) is 0 Å². The molecule has 0 aromatic rings. The lowest BCUT2D eigenvalue weighted by Crippen LogP contribution is -2.39. The quantitative estimate of drug-likeness (QED) is 0.459. The third-order valence-electron chi connectivity index (χ3n) is 0.696. The fourth-order valence-electron chi connectivity index (χ4n) is 0.336. The van der Waals surface area contributed by atoms with Crippen molar-refractivity contribution in [2.45, 2.75) is 0 Å². The first kappa shape index (κ1) is 4.27. The molecule has 0 amide bonds. The van der Waals surface area contributed by atoms with Gasteiger partial charge in [0, 0.05) is 16.1 Å². The standard InChI is InChI=1S/C3H4BrNO/c4-5-1-3(6)2-5/h1-2H2. The SMILES string of the molecule is O=C1CN(Br)C1. The number of carbonyl (C=O) groups excluding carboxylic acids is 1. The predicted molar refractivity (Wildman–Crippen MR) is 25.5 cm³/mol. The Kier molecular flexibility index (Phi) is 0.935. The molecule has 0 aromatic carbocycles. The maximum Gasteiger partial charge on any atom is 0.162 e. The van der Waals surface area contributed by atoms with Crippen LogP contribution in [0.1, 0.15) is 0 Å². The van der Waals surface area contributed by atoms with Crippen molar-refractivity contribution in [1.29, 1.82) is 0 Å². The summed E-state index contributed by atoms with van der Waals surface area (Å²) in [6.45, 7) is 1.17. The number of carbonyl (C=O) groups is 1. The number of halogens is 1. The van der Waals surface area contributed by atoms with Gasteiger partial charge in [0.2, 0.25) is 0 Å². The van der Waals surface area contributed by atoms with Gasteiger partial charge in [-0.1, -0.05) is 0 Å². The largest absolute Gasteiger partial charge is 0.297 e. The van der Waals surface area contributed by atoms with Crippen LogP contribution in [-0.2, 0) is 4.79 Å². The second kappa shape index (κ2) is 1.31. The van der Waals surface area contributed by atoms with Crippen LogP contribution in [0, 0.1) is 0 Å². The van der Waals surface area contributed by atoms with Crippen molar-refractivity contribution in [3.63, 3.8) is 0 Å². The van der Waals surface area contributed by atoms with Crippen molar-refractivity contribution < 1.29 is 4.79 Å². The van der Waals surface area contributed by atoms with Crippen LogP contribution in [-0.4, -0.2) is 22.8 Å². The van der Waals surface area contributed by atoms with Crippen molar-refractivity contribution in [3.8, 4) is 0 Å². The average molecular weight is 150 g/mol. The Morgan fingerprint density at radius 3 is 2.17 bits per heavy atom. The molecule has 6 heavy (non-hydrogen) atoms. The van der Waals surface area contributed by atoms with Crippen molar-refractivity contribution >= 4 is 21.9 Å². The van der Waals surface area contributed by atoms with Crippen molar-refractivity contribution in [2.24, 2.45) is 0 Å². The third-order valence-corrected chi connectivity index (χ3v) is 1.20. The zero-order chi connectivity index (χ0) is 4.57. The maximum absolute atomic E-state index is 10.0. The zero-order valence-electron chi connectivity index (χ0n) is 3.15. The second-order valence-electron chi connectivity index (χ2n) is 1.32. The number of hydrogen-bond donors (Lipinski definition) is 0. The van der Waals surface area contributed by atoms with E-state index in [0.717, 1.165) is 0 Å². The van der Waals surface area contributed by atoms with Crippen molar-refractivity contribution in [1.82, 2.24) is 3.93 Å². The topological polar surface area (TPSA) is 20.3 Å². The summed E-state index contributed by atoms with van der Waals surface area (Å²) in [7, 11) is 0. The molecule has 1 heterocycles. The Bertz CT molecular complexity index is 74.9. The molecule has 1 saturated heterocycles. The molecule has 34 valence electrons. The van der Waals surface area contributed by atoms with Gasteiger partial charge in [-0.3, -0.25) is 4.79 Å². The first-order chi connectivity index (χ1) is 2.79. The summed E-state index contributed by atoms with van der Waals surface area (Å²) < 4.78 is 1.79. The molecule has 0 atom stereocenters. The Hall–Kier alpha value is 0.110. The highest BCUT2D eigenvalue weighted by Gasteiger charge is 2.19. The molecule has 0 N–H and O–H groups in total. The Morgan fingerprint density at radius 1 is 1.67 bits per heavy atom. The number of hydrogen-bond acceptors (Lipinski definition) is 2. The van der Waals surface area contributed by atoms with Crippen LogP contribution in [0.4, 0.5) is 0 Å². The van der Waals surface area contributed by atoms with Gasteiger partial charge < -0.3 is 0 Å². The summed E-state index contributed by atoms with van der Waals surface area (Å²) in [6, 6.07) is 0. The highest BCUT2D eigenvalue weighted by atomic mass is 79.9. The Balaban J connectivity index is 2.28. The van der Waals surface area contributed by atoms with E-state index in [1.54, 1.807) is 3.93 Å². The van der Waals surface area contributed by atoms with E-state index in [0.29, 0.717) is 18.9 Å². The highest BCUT2D eigenvalue weighted by Crippen LogP contribution is 2.05. The van der Waals surface area contributed by atoms with Crippen LogP contribution in [0.5, 0.6) is 0 Å². The molecular weight excluding hydrogens is 146 g/mol. The molecule has 0 saturated carbocycles. The van der Waals surface area contributed by atoms with Gasteiger partial charge >= 0.3 is 0 Å².